The number of nitrogens with one attached hydrogen (secondary N) is 3. The van der Waals surface area contributed by atoms with E-state index in [4.69, 9.17) is 16.3 Å². The van der Waals surface area contributed by atoms with Crippen molar-refractivity contribution in [3.8, 4) is 5.75 Å². The average Bonchev–Trinajstić information content (AvgIpc) is 2.89. The van der Waals surface area contributed by atoms with Crippen LogP contribution in [0, 0.1) is 0 Å². The molecule has 0 saturated heterocycles. The quantitative estimate of drug-likeness (QED) is 0.222. The van der Waals surface area contributed by atoms with Gasteiger partial charge in [0.25, 0.3) is 11.3 Å². The van der Waals surface area contributed by atoms with Crippen LogP contribution >= 0.6 is 11.6 Å². The van der Waals surface area contributed by atoms with Crippen LogP contribution in [0.2, 0.25) is 5.02 Å². The van der Waals surface area contributed by atoms with E-state index in [0.29, 0.717) is 38.9 Å². The second-order valence-corrected chi connectivity index (χ2v) is 9.16. The maximum atomic E-state index is 12.7. The average molecular weight is 541 g/mol. The molecule has 0 aliphatic carbocycles. The van der Waals surface area contributed by atoms with Crippen LogP contribution in [0.15, 0.2) is 66.7 Å². The number of benzene rings is 3. The molecule has 0 radical (unpaired) electrons. The highest BCUT2D eigenvalue weighted by atomic mass is 35.5. The topological polar surface area (TPSA) is 129 Å². The Hall–Kier alpha value is -3.77. The van der Waals surface area contributed by atoms with Gasteiger partial charge in [0.1, 0.15) is 5.75 Å². The summed E-state index contributed by atoms with van der Waals surface area (Å²) in [6.07, 6.45) is 0. The van der Waals surface area contributed by atoms with Crippen LogP contribution in [0.4, 0.5) is 28.7 Å². The minimum atomic E-state index is -2.55. The molecule has 3 aromatic carbocycles. The summed E-state index contributed by atoms with van der Waals surface area (Å²) in [5, 5.41) is 9.18. The maximum absolute atomic E-state index is 12.7. The summed E-state index contributed by atoms with van der Waals surface area (Å²) in [6, 6.07) is 18.3. The number of fused-ring (bicyclic) bond motifs is 1. The smallest absolute Gasteiger partial charge is 0.268 e. The van der Waals surface area contributed by atoms with Crippen molar-refractivity contribution >= 4 is 68.5 Å². The molecule has 0 saturated carbocycles. The number of aromatic nitrogens is 2. The molecule has 4 aromatic rings. The third kappa shape index (κ3) is 5.97. The summed E-state index contributed by atoms with van der Waals surface area (Å²) in [7, 11) is 3.22. The molecule has 1 unspecified atom stereocenters. The van der Waals surface area contributed by atoms with Gasteiger partial charge >= 0.3 is 0 Å². The zero-order chi connectivity index (χ0) is 26.5. The second kappa shape index (κ2) is 11.5. The maximum Gasteiger partial charge on any atom is 0.268 e. The number of para-hydroxylation sites is 2. The highest BCUT2D eigenvalue weighted by molar-refractivity contribution is 7.81. The Balaban J connectivity index is 1.83. The summed E-state index contributed by atoms with van der Waals surface area (Å²) < 4.78 is 29.5. The Morgan fingerprint density at radius 1 is 1.08 bits per heavy atom. The number of rotatable bonds is 9. The van der Waals surface area contributed by atoms with Crippen molar-refractivity contribution in [2.45, 2.75) is 13.0 Å². The van der Waals surface area contributed by atoms with Crippen molar-refractivity contribution in [1.82, 2.24) is 15.3 Å². The number of halogens is 1. The van der Waals surface area contributed by atoms with Crippen molar-refractivity contribution < 1.29 is 18.3 Å². The lowest BCUT2D eigenvalue weighted by Gasteiger charge is -2.23. The zero-order valence-corrected chi connectivity index (χ0v) is 21.8. The van der Waals surface area contributed by atoms with Crippen molar-refractivity contribution in [2.75, 3.05) is 29.1 Å². The van der Waals surface area contributed by atoms with Gasteiger partial charge in [-0.05, 0) is 56.4 Å². The van der Waals surface area contributed by atoms with E-state index in [1.165, 1.54) is 7.11 Å². The molecule has 0 bridgehead atoms. The second-order valence-electron chi connectivity index (χ2n) is 7.93. The molecule has 12 heteroatoms. The first-order chi connectivity index (χ1) is 17.8. The van der Waals surface area contributed by atoms with E-state index < -0.39 is 17.3 Å². The van der Waals surface area contributed by atoms with Gasteiger partial charge in [0.2, 0.25) is 5.91 Å². The van der Waals surface area contributed by atoms with Gasteiger partial charge in [0.05, 0.1) is 40.6 Å². The molecular formula is C25H25ClN6O4S. The first-order valence-electron chi connectivity index (χ1n) is 11.2. The summed E-state index contributed by atoms with van der Waals surface area (Å²) in [6.45, 7) is 1.72. The fraction of sp³-hybridized carbons (Fsp3) is 0.160. The number of carbonyl (C=O) groups excluding carboxylic acids is 1. The van der Waals surface area contributed by atoms with E-state index in [0.717, 1.165) is 4.31 Å². The van der Waals surface area contributed by atoms with Crippen molar-refractivity contribution in [3.63, 3.8) is 0 Å². The van der Waals surface area contributed by atoms with Crippen LogP contribution in [0.3, 0.4) is 0 Å². The van der Waals surface area contributed by atoms with Crippen LogP contribution in [-0.2, 0) is 16.1 Å². The predicted octanol–water partition coefficient (Wildman–Crippen LogP) is 4.86. The number of likely N-dealkylation sites (N-methyl/N-ethyl adjacent to an activating group) is 1. The summed E-state index contributed by atoms with van der Waals surface area (Å²) in [4.78, 5) is 21.7. The predicted molar refractivity (Wildman–Crippen MR) is 147 cm³/mol. The summed E-state index contributed by atoms with van der Waals surface area (Å²) in [5.74, 6) is 0.570. The van der Waals surface area contributed by atoms with Gasteiger partial charge in [0.15, 0.2) is 11.6 Å². The lowest BCUT2D eigenvalue weighted by atomic mass is 10.2. The van der Waals surface area contributed by atoms with Crippen molar-refractivity contribution in [1.29, 1.82) is 0 Å². The molecular weight excluding hydrogens is 516 g/mol. The Morgan fingerprint density at radius 2 is 1.81 bits per heavy atom. The normalized spacial score (nSPS) is 12.6. The molecule has 4 rings (SSSR count). The molecule has 0 spiro atoms. The van der Waals surface area contributed by atoms with Crippen LogP contribution in [0.25, 0.3) is 11.0 Å². The largest absolute Gasteiger partial charge is 0.497 e. The molecule has 2 atom stereocenters. The lowest BCUT2D eigenvalue weighted by Crippen LogP contribution is -2.35. The van der Waals surface area contributed by atoms with E-state index in [1.807, 2.05) is 6.07 Å². The minimum absolute atomic E-state index is 0.0745. The van der Waals surface area contributed by atoms with Crippen LogP contribution < -0.4 is 25.0 Å². The zero-order valence-electron chi connectivity index (χ0n) is 20.2. The molecule has 192 valence electrons. The number of anilines is 5. The number of carbonyl (C=O) groups is 1. The Morgan fingerprint density at radius 3 is 2.49 bits per heavy atom. The van der Waals surface area contributed by atoms with Crippen LogP contribution in [0.1, 0.15) is 6.92 Å². The minimum Gasteiger partial charge on any atom is -0.497 e. The molecule has 37 heavy (non-hydrogen) atoms. The summed E-state index contributed by atoms with van der Waals surface area (Å²) >= 11 is 3.85. The Labute approximate surface area is 221 Å². The van der Waals surface area contributed by atoms with Gasteiger partial charge in [-0.3, -0.25) is 9.35 Å². The number of hydrogen-bond donors (Lipinski definition) is 4. The third-order valence-corrected chi connectivity index (χ3v) is 6.53. The van der Waals surface area contributed by atoms with Crippen LogP contribution in [0.5, 0.6) is 5.75 Å². The molecule has 0 aliphatic rings. The van der Waals surface area contributed by atoms with E-state index in [-0.39, 0.29) is 17.5 Å². The highest BCUT2D eigenvalue weighted by Crippen LogP contribution is 2.37. The molecule has 4 N–H and O–H groups in total. The first-order valence-corrected chi connectivity index (χ1v) is 12.6. The van der Waals surface area contributed by atoms with E-state index in [1.54, 1.807) is 74.6 Å². The highest BCUT2D eigenvalue weighted by Gasteiger charge is 2.24. The number of nitrogens with zero attached hydrogens (tertiary/aromatic N) is 3. The van der Waals surface area contributed by atoms with E-state index in [9.17, 15) is 13.6 Å². The number of hydrogen-bond acceptors (Lipinski definition) is 7. The number of ether oxygens (including phenoxy) is 1. The Kier molecular flexibility index (Phi) is 8.19. The number of methoxy groups -OCH3 is 1. The summed E-state index contributed by atoms with van der Waals surface area (Å²) in [5.41, 5.74) is 2.30. The monoisotopic (exact) mass is 540 g/mol. The molecule has 1 amide bonds. The van der Waals surface area contributed by atoms with Gasteiger partial charge < -0.3 is 20.7 Å². The lowest BCUT2D eigenvalue weighted by molar-refractivity contribution is -0.117. The third-order valence-electron chi connectivity index (χ3n) is 5.50. The molecule has 1 aromatic heterocycles. The fourth-order valence-corrected chi connectivity index (χ4v) is 4.18. The first kappa shape index (κ1) is 26.3. The van der Waals surface area contributed by atoms with E-state index in [2.05, 4.69) is 25.9 Å². The van der Waals surface area contributed by atoms with Gasteiger partial charge in [-0.1, -0.05) is 29.8 Å². The van der Waals surface area contributed by atoms with Gasteiger partial charge in [-0.2, -0.15) is 0 Å². The molecule has 10 nitrogen and oxygen atoms in total. The molecule has 0 aliphatic heterocycles. The van der Waals surface area contributed by atoms with Gasteiger partial charge in [0, 0.05) is 11.8 Å². The number of amides is 1. The van der Waals surface area contributed by atoms with Crippen molar-refractivity contribution in [2.24, 2.45) is 0 Å². The van der Waals surface area contributed by atoms with Gasteiger partial charge in [-0.25, -0.2) is 18.5 Å². The molecule has 1 heterocycles. The van der Waals surface area contributed by atoms with Gasteiger partial charge in [-0.15, -0.1) is 0 Å². The Bertz CT molecular complexity index is 1470. The SMILES string of the molecule is CN[C@H](C)C(=O)Nc1cccc(N(c2nc3ccccc3nc2Nc2cc(OC)ccc2Cl)S(=O)O)c1. The fourth-order valence-electron chi connectivity index (χ4n) is 3.45. The standard InChI is InChI=1S/C25H25ClN6O4S/c1-15(27-2)25(33)28-16-7-6-8-17(13-16)32(37(34)35)24-23(29-20-9-4-5-10-21(20)31-24)30-22-14-18(36-3)11-12-19(22)26/h4-15,27H,1-3H3,(H,28,33)(H,29,30)(H,34,35)/t15-/m1/s1. The van der Waals surface area contributed by atoms with Crippen LogP contribution in [-0.4, -0.2) is 44.8 Å². The van der Waals surface area contributed by atoms with Crippen molar-refractivity contribution in [3.05, 3.63) is 71.8 Å². The molecule has 0 fully saturated rings. The van der Waals surface area contributed by atoms with E-state index >= 15 is 0 Å².